The van der Waals surface area contributed by atoms with Gasteiger partial charge >= 0.3 is 0 Å². The van der Waals surface area contributed by atoms with Crippen molar-refractivity contribution in [2.75, 3.05) is 36.9 Å². The van der Waals surface area contributed by atoms with Gasteiger partial charge in [0.1, 0.15) is 17.2 Å². The minimum Gasteiger partial charge on any atom is -0.497 e. The number of hydrogen-bond donors (Lipinski definition) is 0. The van der Waals surface area contributed by atoms with Crippen LogP contribution in [0.1, 0.15) is 11.1 Å². The van der Waals surface area contributed by atoms with Gasteiger partial charge in [-0.1, -0.05) is 30.3 Å². The van der Waals surface area contributed by atoms with Crippen molar-refractivity contribution in [1.29, 1.82) is 0 Å². The van der Waals surface area contributed by atoms with Crippen LogP contribution in [-0.2, 0) is 21.0 Å². The van der Waals surface area contributed by atoms with Crippen molar-refractivity contribution in [1.82, 2.24) is 0 Å². The number of fused-ring (bicyclic) bond motifs is 2. The number of amides is 2. The van der Waals surface area contributed by atoms with Gasteiger partial charge in [0.2, 0.25) is 10.8 Å². The van der Waals surface area contributed by atoms with Crippen LogP contribution in [0, 0.1) is 0 Å². The Morgan fingerprint density at radius 3 is 2.26 bits per heavy atom. The van der Waals surface area contributed by atoms with Crippen molar-refractivity contribution in [2.24, 2.45) is 0 Å². The molecule has 2 amide bonds. The molecule has 0 aliphatic carbocycles. The van der Waals surface area contributed by atoms with E-state index in [9.17, 15) is 9.59 Å². The number of hydrogen-bond acceptors (Lipinski definition) is 6. The molecule has 2 aliphatic heterocycles. The number of para-hydroxylation sites is 1. The molecule has 0 saturated carbocycles. The third-order valence-electron chi connectivity index (χ3n) is 6.13. The first-order valence-electron chi connectivity index (χ1n) is 10.8. The van der Waals surface area contributed by atoms with Crippen molar-refractivity contribution >= 4 is 35.0 Å². The average Bonchev–Trinajstić information content (AvgIpc) is 3.34. The first-order chi connectivity index (χ1) is 16.5. The maximum Gasteiger partial charge on any atom is 0.269 e. The van der Waals surface area contributed by atoms with Gasteiger partial charge in [-0.2, -0.15) is 0 Å². The van der Waals surface area contributed by atoms with Crippen LogP contribution in [0.15, 0.2) is 66.7 Å². The van der Waals surface area contributed by atoms with Crippen molar-refractivity contribution in [3.8, 4) is 17.2 Å². The second kappa shape index (κ2) is 8.61. The van der Waals surface area contributed by atoms with Crippen LogP contribution < -0.4 is 24.0 Å². The van der Waals surface area contributed by atoms with Crippen molar-refractivity contribution < 1.29 is 23.8 Å². The van der Waals surface area contributed by atoms with Gasteiger partial charge < -0.3 is 19.1 Å². The molecule has 0 unspecified atom stereocenters. The Kier molecular flexibility index (Phi) is 5.61. The zero-order chi connectivity index (χ0) is 23.9. The molecule has 1 atom stereocenters. The summed E-state index contributed by atoms with van der Waals surface area (Å²) in [5, 5.41) is 0. The monoisotopic (exact) mass is 476 g/mol. The fourth-order valence-corrected chi connectivity index (χ4v) is 5.95. The number of thioether (sulfide) groups is 1. The van der Waals surface area contributed by atoms with Crippen LogP contribution in [-0.4, -0.2) is 38.9 Å². The zero-order valence-corrected chi connectivity index (χ0v) is 19.9. The highest BCUT2D eigenvalue weighted by molar-refractivity contribution is 8.02. The number of carbonyl (C=O) groups excluding carboxylic acids is 2. The minimum absolute atomic E-state index is 0.147. The Balaban J connectivity index is 1.63. The van der Waals surface area contributed by atoms with E-state index in [1.165, 1.54) is 11.8 Å². The molecule has 0 N–H and O–H groups in total. The molecule has 1 fully saturated rings. The first-order valence-corrected chi connectivity index (χ1v) is 11.7. The molecule has 7 nitrogen and oxygen atoms in total. The molecule has 3 aromatic rings. The average molecular weight is 477 g/mol. The number of methoxy groups -OCH3 is 3. The lowest BCUT2D eigenvalue weighted by Crippen LogP contribution is -2.49. The summed E-state index contributed by atoms with van der Waals surface area (Å²) < 4.78 is 16.2. The minimum atomic E-state index is -1.20. The molecule has 34 heavy (non-hydrogen) atoms. The second-order valence-corrected chi connectivity index (χ2v) is 9.16. The highest BCUT2D eigenvalue weighted by atomic mass is 32.2. The lowest BCUT2D eigenvalue weighted by Gasteiger charge is -2.33. The van der Waals surface area contributed by atoms with Crippen LogP contribution in [0.4, 0.5) is 11.4 Å². The lowest BCUT2D eigenvalue weighted by molar-refractivity contribution is -0.123. The quantitative estimate of drug-likeness (QED) is 0.532. The van der Waals surface area contributed by atoms with Crippen LogP contribution >= 0.6 is 11.8 Å². The van der Waals surface area contributed by atoms with Gasteiger partial charge in [0.05, 0.1) is 45.0 Å². The third kappa shape index (κ3) is 3.37. The number of anilines is 2. The molecule has 2 heterocycles. The maximum atomic E-state index is 14.2. The van der Waals surface area contributed by atoms with Gasteiger partial charge in [0.25, 0.3) is 5.91 Å². The summed E-state index contributed by atoms with van der Waals surface area (Å²) in [6.07, 6.45) is 0. The van der Waals surface area contributed by atoms with Crippen LogP contribution in [0.2, 0.25) is 0 Å². The summed E-state index contributed by atoms with van der Waals surface area (Å²) in [5.41, 5.74) is 3.07. The van der Waals surface area contributed by atoms with Crippen molar-refractivity contribution in [3.63, 3.8) is 0 Å². The number of benzene rings is 3. The molecule has 0 radical (unpaired) electrons. The number of carbonyl (C=O) groups is 2. The molecule has 8 heteroatoms. The van der Waals surface area contributed by atoms with E-state index in [2.05, 4.69) is 0 Å². The van der Waals surface area contributed by atoms with E-state index in [1.807, 2.05) is 48.5 Å². The van der Waals surface area contributed by atoms with Crippen LogP contribution in [0.5, 0.6) is 17.2 Å². The molecule has 1 saturated heterocycles. The summed E-state index contributed by atoms with van der Waals surface area (Å²) in [6.45, 7) is 0.360. The predicted molar refractivity (Wildman–Crippen MR) is 132 cm³/mol. The van der Waals surface area contributed by atoms with E-state index in [4.69, 9.17) is 14.2 Å². The Bertz CT molecular complexity index is 1260. The summed E-state index contributed by atoms with van der Waals surface area (Å²) in [6, 6.07) is 20.6. The maximum absolute atomic E-state index is 14.2. The summed E-state index contributed by atoms with van der Waals surface area (Å²) >= 11 is 1.34. The normalized spacial score (nSPS) is 19.0. The Labute approximate surface area is 202 Å². The fourth-order valence-electron chi connectivity index (χ4n) is 4.59. The number of nitrogens with zero attached hydrogens (tertiary/aromatic N) is 2. The SMILES string of the molecule is COc1cccc(CN2C(=O)[C@@]3(SCC(=O)N3c3cc(OC)cc(OC)c3)c3ccccc32)c1. The molecule has 174 valence electrons. The Morgan fingerprint density at radius 2 is 1.56 bits per heavy atom. The molecule has 0 aromatic heterocycles. The van der Waals surface area contributed by atoms with Gasteiger partial charge in [0.15, 0.2) is 0 Å². The largest absolute Gasteiger partial charge is 0.497 e. The third-order valence-corrected chi connectivity index (χ3v) is 7.52. The first kappa shape index (κ1) is 22.2. The molecule has 0 bridgehead atoms. The van der Waals surface area contributed by atoms with E-state index in [0.29, 0.717) is 23.7 Å². The van der Waals surface area contributed by atoms with Gasteiger partial charge in [-0.3, -0.25) is 14.5 Å². The zero-order valence-electron chi connectivity index (χ0n) is 19.1. The van der Waals surface area contributed by atoms with E-state index in [-0.39, 0.29) is 17.6 Å². The second-order valence-electron chi connectivity index (χ2n) is 7.99. The highest BCUT2D eigenvalue weighted by Gasteiger charge is 2.61. The van der Waals surface area contributed by atoms with Gasteiger partial charge in [-0.15, -0.1) is 11.8 Å². The summed E-state index contributed by atoms with van der Waals surface area (Å²) in [5.74, 6) is 1.69. The van der Waals surface area contributed by atoms with E-state index in [1.54, 1.807) is 49.3 Å². The number of rotatable bonds is 6. The van der Waals surface area contributed by atoms with Gasteiger partial charge in [-0.05, 0) is 23.8 Å². The lowest BCUT2D eigenvalue weighted by atomic mass is 10.0. The summed E-state index contributed by atoms with van der Waals surface area (Å²) in [4.78, 5) is 29.6. The van der Waals surface area contributed by atoms with E-state index >= 15 is 0 Å². The Hall–Kier alpha value is -3.65. The number of ether oxygens (including phenoxy) is 3. The van der Waals surface area contributed by atoms with Crippen LogP contribution in [0.25, 0.3) is 0 Å². The topological polar surface area (TPSA) is 68.3 Å². The molecular formula is C26H24N2O5S. The van der Waals surface area contributed by atoms with Crippen molar-refractivity contribution in [3.05, 3.63) is 77.9 Å². The van der Waals surface area contributed by atoms with Crippen molar-refractivity contribution in [2.45, 2.75) is 11.4 Å². The van der Waals surface area contributed by atoms with Gasteiger partial charge in [-0.25, -0.2) is 0 Å². The molecule has 1 spiro atoms. The predicted octanol–water partition coefficient (Wildman–Crippen LogP) is 4.19. The molecule has 2 aliphatic rings. The molecule has 5 rings (SSSR count). The summed E-state index contributed by atoms with van der Waals surface area (Å²) in [7, 11) is 4.73. The Morgan fingerprint density at radius 1 is 0.853 bits per heavy atom. The molecular weight excluding hydrogens is 452 g/mol. The standard InChI is InChI=1S/C26H24N2O5S/c1-31-19-8-6-7-17(11-19)15-27-23-10-5-4-9-22(23)26(25(27)30)28(24(29)16-34-26)18-12-20(32-2)14-21(13-18)33-3/h4-14H,15-16H2,1-3H3/t26-/m0/s1. The smallest absolute Gasteiger partial charge is 0.269 e. The highest BCUT2D eigenvalue weighted by Crippen LogP contribution is 2.56. The van der Waals surface area contributed by atoms with Crippen LogP contribution in [0.3, 0.4) is 0 Å². The van der Waals surface area contributed by atoms with E-state index < -0.39 is 4.87 Å². The fraction of sp³-hybridized carbons (Fsp3) is 0.231. The van der Waals surface area contributed by atoms with E-state index in [0.717, 1.165) is 22.6 Å². The van der Waals surface area contributed by atoms with Gasteiger partial charge in [0, 0.05) is 23.8 Å². The molecule has 3 aromatic carbocycles.